The normalized spacial score (nSPS) is 18.0. The van der Waals surface area contributed by atoms with Crippen LogP contribution in [0.15, 0.2) is 59.6 Å². The van der Waals surface area contributed by atoms with Crippen LogP contribution in [0.5, 0.6) is 0 Å². The molecule has 5 heteroatoms. The van der Waals surface area contributed by atoms with E-state index in [-0.39, 0.29) is 11.5 Å². The summed E-state index contributed by atoms with van der Waals surface area (Å²) >= 11 is 6.26. The zero-order chi connectivity index (χ0) is 19.1. The molecule has 0 saturated carbocycles. The Morgan fingerprint density at radius 2 is 1.89 bits per heavy atom. The molecule has 2 aromatic rings. The van der Waals surface area contributed by atoms with Gasteiger partial charge in [0.1, 0.15) is 0 Å². The Morgan fingerprint density at radius 3 is 2.56 bits per heavy atom. The van der Waals surface area contributed by atoms with Crippen molar-refractivity contribution in [3.05, 3.63) is 70.7 Å². The number of ether oxygens (including phenoxy) is 1. The third-order valence-electron chi connectivity index (χ3n) is 5.36. The molecule has 1 aliphatic rings. The van der Waals surface area contributed by atoms with E-state index in [0.29, 0.717) is 0 Å². The molecule has 0 radical (unpaired) electrons. The maximum Gasteiger partial charge on any atom is 0.191 e. The number of nitrogens with zero attached hydrogens (tertiary/aromatic N) is 1. The van der Waals surface area contributed by atoms with Crippen molar-refractivity contribution in [3.63, 3.8) is 0 Å². The van der Waals surface area contributed by atoms with Crippen molar-refractivity contribution in [3.8, 4) is 0 Å². The highest BCUT2D eigenvalue weighted by Crippen LogP contribution is 2.35. The second-order valence-corrected chi connectivity index (χ2v) is 7.54. The monoisotopic (exact) mass is 385 g/mol. The Labute approximate surface area is 167 Å². The summed E-state index contributed by atoms with van der Waals surface area (Å²) in [6.07, 6.45) is 1.93. The van der Waals surface area contributed by atoms with E-state index in [0.717, 1.165) is 43.6 Å². The Kier molecular flexibility index (Phi) is 6.75. The van der Waals surface area contributed by atoms with Crippen molar-refractivity contribution < 1.29 is 4.74 Å². The van der Waals surface area contributed by atoms with Gasteiger partial charge < -0.3 is 15.4 Å². The first-order chi connectivity index (χ1) is 13.1. The van der Waals surface area contributed by atoms with Gasteiger partial charge in [0.2, 0.25) is 0 Å². The van der Waals surface area contributed by atoms with Gasteiger partial charge in [-0.15, -0.1) is 0 Å². The molecule has 1 fully saturated rings. The molecule has 3 rings (SSSR count). The number of hydrogen-bond donors (Lipinski definition) is 2. The fourth-order valence-electron chi connectivity index (χ4n) is 3.63. The summed E-state index contributed by atoms with van der Waals surface area (Å²) in [5.74, 6) is 0.805. The molecular weight excluding hydrogens is 358 g/mol. The predicted molar refractivity (Wildman–Crippen MR) is 113 cm³/mol. The summed E-state index contributed by atoms with van der Waals surface area (Å²) in [7, 11) is 1.81. The molecule has 27 heavy (non-hydrogen) atoms. The van der Waals surface area contributed by atoms with E-state index in [1.54, 1.807) is 0 Å². The maximum atomic E-state index is 6.26. The van der Waals surface area contributed by atoms with Gasteiger partial charge in [-0.3, -0.25) is 4.99 Å². The third-order valence-corrected chi connectivity index (χ3v) is 5.59. The smallest absolute Gasteiger partial charge is 0.191 e. The molecule has 0 bridgehead atoms. The lowest BCUT2D eigenvalue weighted by Gasteiger charge is -2.38. The van der Waals surface area contributed by atoms with Crippen LogP contribution in [0.3, 0.4) is 0 Å². The van der Waals surface area contributed by atoms with E-state index in [9.17, 15) is 0 Å². The molecule has 2 N–H and O–H groups in total. The molecule has 1 unspecified atom stereocenters. The van der Waals surface area contributed by atoms with E-state index in [1.807, 2.05) is 25.2 Å². The molecule has 0 aliphatic carbocycles. The maximum absolute atomic E-state index is 6.26. The fraction of sp³-hybridized carbons (Fsp3) is 0.409. The van der Waals surface area contributed by atoms with Gasteiger partial charge in [-0.1, -0.05) is 54.1 Å². The Hall–Kier alpha value is -2.04. The highest BCUT2D eigenvalue weighted by atomic mass is 35.5. The number of guanidine groups is 1. The van der Waals surface area contributed by atoms with Gasteiger partial charge in [0.25, 0.3) is 0 Å². The second-order valence-electron chi connectivity index (χ2n) is 7.11. The lowest BCUT2D eigenvalue weighted by atomic mass is 9.74. The molecule has 0 amide bonds. The van der Waals surface area contributed by atoms with Gasteiger partial charge in [-0.25, -0.2) is 0 Å². The molecule has 4 nitrogen and oxygen atoms in total. The average molecular weight is 386 g/mol. The van der Waals surface area contributed by atoms with E-state index < -0.39 is 0 Å². The molecule has 0 aromatic heterocycles. The van der Waals surface area contributed by atoms with Crippen molar-refractivity contribution >= 4 is 17.6 Å². The highest BCUT2D eigenvalue weighted by molar-refractivity contribution is 6.30. The van der Waals surface area contributed by atoms with Crippen molar-refractivity contribution in [1.29, 1.82) is 0 Å². The van der Waals surface area contributed by atoms with Crippen molar-refractivity contribution in [1.82, 2.24) is 10.6 Å². The summed E-state index contributed by atoms with van der Waals surface area (Å²) < 4.78 is 5.63. The van der Waals surface area contributed by atoms with Crippen molar-refractivity contribution in [2.45, 2.75) is 31.2 Å². The first-order valence-electron chi connectivity index (χ1n) is 9.49. The summed E-state index contributed by atoms with van der Waals surface area (Å²) in [6.45, 7) is 4.46. The average Bonchev–Trinajstić information content (AvgIpc) is 2.72. The number of hydrogen-bond acceptors (Lipinski definition) is 2. The van der Waals surface area contributed by atoms with E-state index in [4.69, 9.17) is 16.3 Å². The second kappa shape index (κ2) is 9.25. The molecule has 1 heterocycles. The van der Waals surface area contributed by atoms with Gasteiger partial charge >= 0.3 is 0 Å². The van der Waals surface area contributed by atoms with Crippen LogP contribution < -0.4 is 10.6 Å². The summed E-state index contributed by atoms with van der Waals surface area (Å²) in [5, 5.41) is 7.80. The van der Waals surface area contributed by atoms with E-state index in [2.05, 4.69) is 58.9 Å². The quantitative estimate of drug-likeness (QED) is 0.595. The van der Waals surface area contributed by atoms with Gasteiger partial charge in [-0.05, 0) is 43.0 Å². The van der Waals surface area contributed by atoms with Gasteiger partial charge in [0.05, 0.1) is 6.04 Å². The Bertz CT molecular complexity index is 757. The standard InChI is InChI=1S/C22H28ClN3O/c1-17(18-7-4-3-5-8-18)26-21(24-2)25-16-22(11-13-27-14-12-22)19-9-6-10-20(23)15-19/h3-10,15,17H,11-14,16H2,1-2H3,(H2,24,25,26). The topological polar surface area (TPSA) is 45.7 Å². The molecule has 0 spiro atoms. The summed E-state index contributed by atoms with van der Waals surface area (Å²) in [5.41, 5.74) is 2.49. The van der Waals surface area contributed by atoms with Crippen LogP contribution in [0.1, 0.15) is 36.9 Å². The summed E-state index contributed by atoms with van der Waals surface area (Å²) in [6, 6.07) is 18.8. The van der Waals surface area contributed by atoms with Crippen LogP contribution in [-0.2, 0) is 10.2 Å². The van der Waals surface area contributed by atoms with E-state index in [1.165, 1.54) is 11.1 Å². The van der Waals surface area contributed by atoms with E-state index >= 15 is 0 Å². The molecular formula is C22H28ClN3O. The van der Waals surface area contributed by atoms with Crippen LogP contribution in [0.2, 0.25) is 5.02 Å². The fourth-order valence-corrected chi connectivity index (χ4v) is 3.82. The van der Waals surface area contributed by atoms with Crippen molar-refractivity contribution in [2.75, 3.05) is 26.8 Å². The predicted octanol–water partition coefficient (Wildman–Crippen LogP) is 4.31. The largest absolute Gasteiger partial charge is 0.381 e. The van der Waals surface area contributed by atoms with Gasteiger partial charge in [-0.2, -0.15) is 0 Å². The molecule has 1 atom stereocenters. The number of rotatable bonds is 5. The SMILES string of the molecule is CN=C(NCC1(c2cccc(Cl)c2)CCOCC1)NC(C)c1ccccc1. The molecule has 2 aromatic carbocycles. The molecule has 1 aliphatic heterocycles. The number of nitrogens with one attached hydrogen (secondary N) is 2. The van der Waals surface area contributed by atoms with Crippen LogP contribution in [0, 0.1) is 0 Å². The van der Waals surface area contributed by atoms with Crippen molar-refractivity contribution in [2.24, 2.45) is 4.99 Å². The lowest BCUT2D eigenvalue weighted by molar-refractivity contribution is 0.0513. The molecule has 1 saturated heterocycles. The van der Waals surface area contributed by atoms with Crippen LogP contribution in [0.4, 0.5) is 0 Å². The Balaban J connectivity index is 1.70. The van der Waals surface area contributed by atoms with Gasteiger partial charge in [0, 0.05) is 37.2 Å². The first-order valence-corrected chi connectivity index (χ1v) is 9.87. The minimum absolute atomic E-state index is 0.00322. The number of benzene rings is 2. The number of halogens is 1. The highest BCUT2D eigenvalue weighted by Gasteiger charge is 2.34. The van der Waals surface area contributed by atoms with Crippen LogP contribution >= 0.6 is 11.6 Å². The zero-order valence-electron chi connectivity index (χ0n) is 16.0. The first kappa shape index (κ1) is 19.7. The zero-order valence-corrected chi connectivity index (χ0v) is 16.8. The van der Waals surface area contributed by atoms with Gasteiger partial charge in [0.15, 0.2) is 5.96 Å². The third kappa shape index (κ3) is 5.02. The van der Waals surface area contributed by atoms with Crippen LogP contribution in [0.25, 0.3) is 0 Å². The number of aliphatic imine (C=N–C) groups is 1. The molecule has 144 valence electrons. The minimum atomic E-state index is -0.00322. The Morgan fingerprint density at radius 1 is 1.15 bits per heavy atom. The summed E-state index contributed by atoms with van der Waals surface area (Å²) in [4.78, 5) is 4.42. The lowest BCUT2D eigenvalue weighted by Crippen LogP contribution is -2.48. The minimum Gasteiger partial charge on any atom is -0.381 e. The van der Waals surface area contributed by atoms with Crippen LogP contribution in [-0.4, -0.2) is 32.8 Å².